The second-order valence-corrected chi connectivity index (χ2v) is 6.69. The maximum atomic E-state index is 12.1. The summed E-state index contributed by atoms with van der Waals surface area (Å²) in [5, 5.41) is 3.74. The van der Waals surface area contributed by atoms with E-state index in [1.165, 1.54) is 18.2 Å². The summed E-state index contributed by atoms with van der Waals surface area (Å²) in [6.45, 7) is 4.46. The standard InChI is InChI=1S/C11H9N3O3S2/c1-6(15)7(2)19(16,17)8-3-4-9-10(5-8)18-11(13-9)14-12/h3-5,12H,2H2,1H3/i/hD. The molecule has 1 aromatic heterocycles. The van der Waals surface area contributed by atoms with Gasteiger partial charge in [0.05, 0.1) is 15.1 Å². The zero-order valence-electron chi connectivity index (χ0n) is 10.8. The normalized spacial score (nSPS) is 12.8. The molecule has 8 heteroatoms. The lowest BCUT2D eigenvalue weighted by Crippen LogP contribution is -2.10. The van der Waals surface area contributed by atoms with Gasteiger partial charge >= 0.3 is 0 Å². The zero-order valence-corrected chi connectivity index (χ0v) is 11.5. The summed E-state index contributed by atoms with van der Waals surface area (Å²) in [6, 6.07) is 4.27. The molecule has 0 aliphatic rings. The minimum Gasteiger partial charge on any atom is -0.294 e. The molecule has 0 unspecified atom stereocenters. The van der Waals surface area contributed by atoms with E-state index in [0.29, 0.717) is 10.2 Å². The molecule has 2 aromatic rings. The van der Waals surface area contributed by atoms with Crippen molar-refractivity contribution in [2.24, 2.45) is 5.11 Å². The van der Waals surface area contributed by atoms with Gasteiger partial charge in [0.15, 0.2) is 5.78 Å². The fourth-order valence-corrected chi connectivity index (χ4v) is 3.48. The van der Waals surface area contributed by atoms with E-state index in [9.17, 15) is 13.2 Å². The molecule has 1 heterocycles. The number of hydrogen-bond donors (Lipinski definition) is 1. The van der Waals surface area contributed by atoms with Crippen LogP contribution in [-0.4, -0.2) is 19.2 Å². The van der Waals surface area contributed by atoms with Gasteiger partial charge in [-0.2, -0.15) is 0 Å². The number of hydrogen-bond acceptors (Lipinski definition) is 7. The highest BCUT2D eigenvalue weighted by Crippen LogP contribution is 2.31. The van der Waals surface area contributed by atoms with Crippen LogP contribution in [0.25, 0.3) is 10.2 Å². The van der Waals surface area contributed by atoms with E-state index in [4.69, 9.17) is 1.41 Å². The van der Waals surface area contributed by atoms with Crippen molar-refractivity contribution in [1.82, 2.24) is 4.98 Å². The Morgan fingerprint density at radius 2 is 2.32 bits per heavy atom. The summed E-state index contributed by atoms with van der Waals surface area (Å²) in [5.41, 5.74) is 3.42. The molecule has 0 spiro atoms. The summed E-state index contributed by atoms with van der Waals surface area (Å²) in [4.78, 5) is 14.8. The van der Waals surface area contributed by atoms with Crippen molar-refractivity contribution in [3.63, 3.8) is 0 Å². The molecule has 0 saturated carbocycles. The molecule has 0 fully saturated rings. The molecular weight excluding hydrogens is 286 g/mol. The van der Waals surface area contributed by atoms with E-state index in [1.54, 1.807) is 0 Å². The van der Waals surface area contributed by atoms with Crippen molar-refractivity contribution in [1.29, 1.82) is 5.52 Å². The average Bonchev–Trinajstić information content (AvgIpc) is 2.79. The van der Waals surface area contributed by atoms with Gasteiger partial charge in [0, 0.05) is 0 Å². The summed E-state index contributed by atoms with van der Waals surface area (Å²) in [6.07, 6.45) is 0. The Labute approximate surface area is 114 Å². The number of nitrogens with one attached hydrogen (secondary N) is 1. The first kappa shape index (κ1) is 12.1. The predicted octanol–water partition coefficient (Wildman–Crippen LogP) is 2.84. The van der Waals surface area contributed by atoms with Gasteiger partial charge in [-0.15, -0.1) is 5.11 Å². The van der Waals surface area contributed by atoms with Crippen molar-refractivity contribution >= 4 is 42.3 Å². The van der Waals surface area contributed by atoms with Gasteiger partial charge in [0.2, 0.25) is 16.4 Å². The number of carbonyl (C=O) groups is 1. The molecule has 98 valence electrons. The molecule has 6 nitrogen and oxygen atoms in total. The van der Waals surface area contributed by atoms with E-state index in [0.717, 1.165) is 18.3 Å². The first-order valence-corrected chi connectivity index (χ1v) is 7.37. The number of fused-ring (bicyclic) bond motifs is 1. The molecular formula is C11H9N3O3S2. The number of carbonyl (C=O) groups excluding carboxylic acids is 1. The molecule has 2 rings (SSSR count). The van der Waals surface area contributed by atoms with Crippen LogP contribution in [0.2, 0.25) is 1.41 Å². The average molecular weight is 296 g/mol. The van der Waals surface area contributed by atoms with Gasteiger partial charge in [-0.3, -0.25) is 4.79 Å². The molecule has 0 radical (unpaired) electrons. The maximum Gasteiger partial charge on any atom is 0.230 e. The molecule has 0 atom stereocenters. The first-order chi connectivity index (χ1) is 9.36. The van der Waals surface area contributed by atoms with Crippen LogP contribution in [0.15, 0.2) is 39.7 Å². The van der Waals surface area contributed by atoms with Gasteiger partial charge < -0.3 is 0 Å². The van der Waals surface area contributed by atoms with Gasteiger partial charge in [0.25, 0.3) is 0 Å². The third-order valence-corrected chi connectivity index (χ3v) is 5.17. The summed E-state index contributed by atoms with van der Waals surface area (Å²) < 4.78 is 31.5. The Hall–Kier alpha value is -1.93. The van der Waals surface area contributed by atoms with E-state index < -0.39 is 20.5 Å². The van der Waals surface area contributed by atoms with Crippen molar-refractivity contribution in [3.8, 4) is 0 Å². The van der Waals surface area contributed by atoms with Crippen molar-refractivity contribution in [2.45, 2.75) is 11.8 Å². The predicted molar refractivity (Wildman–Crippen MR) is 71.4 cm³/mol. The summed E-state index contributed by atoms with van der Waals surface area (Å²) in [5.74, 6) is -0.599. The van der Waals surface area contributed by atoms with Gasteiger partial charge in [0.1, 0.15) is 4.91 Å². The Kier molecular flexibility index (Phi) is 2.96. The highest BCUT2D eigenvalue weighted by atomic mass is 32.2. The maximum absolute atomic E-state index is 12.1. The Morgan fingerprint density at radius 3 is 2.95 bits per heavy atom. The largest absolute Gasteiger partial charge is 0.294 e. The van der Waals surface area contributed by atoms with Crippen LogP contribution in [0.3, 0.4) is 0 Å². The van der Waals surface area contributed by atoms with E-state index in [1.807, 2.05) is 0 Å². The summed E-state index contributed by atoms with van der Waals surface area (Å²) in [7, 11) is -3.89. The fraction of sp³-hybridized carbons (Fsp3) is 0.0909. The van der Waals surface area contributed by atoms with Crippen molar-refractivity contribution in [2.75, 3.05) is 0 Å². The van der Waals surface area contributed by atoms with E-state index >= 15 is 0 Å². The second kappa shape index (κ2) is 4.63. The molecule has 0 aliphatic heterocycles. The van der Waals surface area contributed by atoms with Crippen LogP contribution in [0.1, 0.15) is 6.92 Å². The van der Waals surface area contributed by atoms with Crippen LogP contribution in [-0.2, 0) is 14.6 Å². The monoisotopic (exact) mass is 296 g/mol. The minimum absolute atomic E-state index is 0.0248. The number of ketones is 1. The van der Waals surface area contributed by atoms with Crippen molar-refractivity contribution in [3.05, 3.63) is 29.7 Å². The van der Waals surface area contributed by atoms with Crippen LogP contribution in [0.4, 0.5) is 5.13 Å². The zero-order chi connectivity index (χ0) is 14.9. The number of rotatable bonds is 4. The molecule has 0 saturated heterocycles. The number of aromatic nitrogens is 1. The molecule has 19 heavy (non-hydrogen) atoms. The number of sulfone groups is 1. The smallest absolute Gasteiger partial charge is 0.230 e. The van der Waals surface area contributed by atoms with E-state index in [2.05, 4.69) is 22.2 Å². The number of allylic oxidation sites excluding steroid dienone is 1. The number of Topliss-reactive ketones (excluding diaryl/α,β-unsaturated/α-hetero) is 1. The molecule has 0 aliphatic carbocycles. The SMILES string of the molecule is [2H]N=Nc1nc2ccc(S(=O)(=O)C(=C)C(C)=O)cc2s1. The highest BCUT2D eigenvalue weighted by Gasteiger charge is 2.23. The second-order valence-electron chi connectivity index (χ2n) is 3.71. The quantitative estimate of drug-likeness (QED) is 0.692. The number of thiazole rings is 1. The van der Waals surface area contributed by atoms with E-state index in [-0.39, 0.29) is 10.0 Å². The lowest BCUT2D eigenvalue weighted by molar-refractivity contribution is -0.113. The van der Waals surface area contributed by atoms with Crippen LogP contribution in [0.5, 0.6) is 0 Å². The lowest BCUT2D eigenvalue weighted by Gasteiger charge is -2.04. The van der Waals surface area contributed by atoms with Crippen molar-refractivity contribution < 1.29 is 14.6 Å². The van der Waals surface area contributed by atoms with Gasteiger partial charge in [-0.1, -0.05) is 17.9 Å². The molecule has 1 aromatic carbocycles. The van der Waals surface area contributed by atoms with Crippen LogP contribution >= 0.6 is 11.3 Å². The number of benzene rings is 1. The Morgan fingerprint density at radius 1 is 1.58 bits per heavy atom. The minimum atomic E-state index is -3.89. The summed E-state index contributed by atoms with van der Waals surface area (Å²) >= 11 is 1.10. The Bertz CT molecular complexity index is 840. The molecule has 0 amide bonds. The van der Waals surface area contributed by atoms with Gasteiger partial charge in [-0.25, -0.2) is 18.9 Å². The molecule has 1 N–H and O–H groups in total. The topological polar surface area (TPSA) is 100 Å². The van der Waals surface area contributed by atoms with Crippen LogP contribution in [0, 0.1) is 5.52 Å². The molecule has 0 bridgehead atoms. The fourth-order valence-electron chi connectivity index (χ4n) is 1.43. The highest BCUT2D eigenvalue weighted by molar-refractivity contribution is 7.96. The van der Waals surface area contributed by atoms with Crippen LogP contribution < -0.4 is 0 Å². The third-order valence-electron chi connectivity index (χ3n) is 2.46. The van der Waals surface area contributed by atoms with Gasteiger partial charge in [-0.05, 0) is 25.1 Å². The Balaban J connectivity index is 2.57. The first-order valence-electron chi connectivity index (χ1n) is 5.51. The number of nitrogens with zero attached hydrogens (tertiary/aromatic N) is 2. The third kappa shape index (κ3) is 2.32. The lowest BCUT2D eigenvalue weighted by atomic mass is 10.3.